The van der Waals surface area contributed by atoms with E-state index in [1.807, 2.05) is 87.5 Å². The van der Waals surface area contributed by atoms with Gasteiger partial charge in [0.05, 0.1) is 30.0 Å². The highest BCUT2D eigenvalue weighted by molar-refractivity contribution is 7.07. The molecule has 0 aliphatic carbocycles. The number of hydrogen-bond donors (Lipinski definition) is 0. The van der Waals surface area contributed by atoms with Crippen LogP contribution in [-0.2, 0) is 4.79 Å². The largest absolute Gasteiger partial charge is 0.496 e. The minimum absolute atomic E-state index is 0.139. The van der Waals surface area contributed by atoms with Crippen molar-refractivity contribution in [2.45, 2.75) is 26.8 Å². The Morgan fingerprint density at radius 1 is 1.00 bits per heavy atom. The predicted molar refractivity (Wildman–Crippen MR) is 155 cm³/mol. The number of aromatic nitrogens is 1. The van der Waals surface area contributed by atoms with Crippen LogP contribution >= 0.6 is 11.3 Å². The lowest BCUT2D eigenvalue weighted by Gasteiger charge is -2.30. The normalized spacial score (nSPS) is 15.2. The number of amides is 1. The fourth-order valence-electron chi connectivity index (χ4n) is 5.21. The minimum atomic E-state index is -0.713. The maximum atomic E-state index is 14.2. The summed E-state index contributed by atoms with van der Waals surface area (Å²) in [5.41, 5.74) is 2.41. The SMILES string of the molecule is CCN(CC)C(=O)C1=C(C)N=c2s/c(=C/c3ccccc3OC)c(=O)n2[C@@H]1c1c(OC)ccc2ccccc12. The van der Waals surface area contributed by atoms with E-state index >= 15 is 0 Å². The summed E-state index contributed by atoms with van der Waals surface area (Å²) in [6.45, 7) is 6.84. The molecule has 4 aromatic rings. The zero-order valence-corrected chi connectivity index (χ0v) is 23.5. The van der Waals surface area contributed by atoms with E-state index in [4.69, 9.17) is 14.5 Å². The summed E-state index contributed by atoms with van der Waals surface area (Å²) in [5.74, 6) is 1.14. The monoisotopic (exact) mass is 541 g/mol. The van der Waals surface area contributed by atoms with Crippen LogP contribution in [0.5, 0.6) is 11.5 Å². The quantitative estimate of drug-likeness (QED) is 0.350. The molecular formula is C31H31N3O4S. The van der Waals surface area contributed by atoms with Crippen molar-refractivity contribution < 1.29 is 14.3 Å². The third-order valence-electron chi connectivity index (χ3n) is 7.15. The first-order valence-electron chi connectivity index (χ1n) is 12.9. The van der Waals surface area contributed by atoms with Gasteiger partial charge in [-0.15, -0.1) is 0 Å². The summed E-state index contributed by atoms with van der Waals surface area (Å²) in [6, 6.07) is 18.7. The van der Waals surface area contributed by atoms with Gasteiger partial charge < -0.3 is 14.4 Å². The molecule has 1 aliphatic heterocycles. The van der Waals surface area contributed by atoms with Crippen LogP contribution < -0.4 is 24.4 Å². The van der Waals surface area contributed by atoms with E-state index in [-0.39, 0.29) is 11.5 Å². The van der Waals surface area contributed by atoms with E-state index < -0.39 is 6.04 Å². The fourth-order valence-corrected chi connectivity index (χ4v) is 6.25. The van der Waals surface area contributed by atoms with Gasteiger partial charge in [-0.05, 0) is 49.8 Å². The lowest BCUT2D eigenvalue weighted by molar-refractivity contribution is -0.127. The van der Waals surface area contributed by atoms with Crippen LogP contribution in [0.25, 0.3) is 16.8 Å². The molecule has 5 rings (SSSR count). The van der Waals surface area contributed by atoms with Crippen molar-refractivity contribution in [3.05, 3.63) is 103 Å². The molecule has 0 spiro atoms. The molecule has 1 aromatic heterocycles. The zero-order chi connectivity index (χ0) is 27.7. The average Bonchev–Trinajstić information content (AvgIpc) is 3.26. The second-order valence-electron chi connectivity index (χ2n) is 9.20. The number of fused-ring (bicyclic) bond motifs is 2. The molecule has 0 unspecified atom stereocenters. The Bertz CT molecular complexity index is 1780. The van der Waals surface area contributed by atoms with Crippen molar-refractivity contribution >= 4 is 34.1 Å². The Labute approximate surface area is 230 Å². The van der Waals surface area contributed by atoms with Gasteiger partial charge in [0.25, 0.3) is 11.5 Å². The van der Waals surface area contributed by atoms with Crippen molar-refractivity contribution in [2.75, 3.05) is 27.3 Å². The summed E-state index contributed by atoms with van der Waals surface area (Å²) in [6.07, 6.45) is 1.82. The first kappa shape index (κ1) is 26.4. The van der Waals surface area contributed by atoms with Crippen LogP contribution in [0.2, 0.25) is 0 Å². The highest BCUT2D eigenvalue weighted by Crippen LogP contribution is 2.40. The van der Waals surface area contributed by atoms with Crippen LogP contribution in [0.1, 0.15) is 37.9 Å². The second kappa shape index (κ2) is 10.9. The van der Waals surface area contributed by atoms with Gasteiger partial charge in [0, 0.05) is 24.2 Å². The van der Waals surface area contributed by atoms with Gasteiger partial charge in [0.2, 0.25) is 0 Å². The van der Waals surface area contributed by atoms with Gasteiger partial charge in [0.1, 0.15) is 17.5 Å². The molecule has 0 bridgehead atoms. The fraction of sp³-hybridized carbons (Fsp3) is 0.258. The maximum absolute atomic E-state index is 14.2. The van der Waals surface area contributed by atoms with Crippen LogP contribution in [0, 0.1) is 0 Å². The number of carbonyl (C=O) groups excluding carboxylic acids is 1. The Balaban J connectivity index is 1.86. The molecule has 1 atom stereocenters. The number of rotatable bonds is 7. The summed E-state index contributed by atoms with van der Waals surface area (Å²) < 4.78 is 13.5. The number of ether oxygens (including phenoxy) is 2. The Morgan fingerprint density at radius 2 is 1.69 bits per heavy atom. The molecule has 1 amide bonds. The summed E-state index contributed by atoms with van der Waals surface area (Å²) >= 11 is 1.30. The second-order valence-corrected chi connectivity index (χ2v) is 10.2. The average molecular weight is 542 g/mol. The smallest absolute Gasteiger partial charge is 0.271 e. The number of benzene rings is 3. The standard InChI is InChI=1S/C31H31N3O4S/c1-6-33(7-2)30(36)26-19(3)32-31-34(29(35)25(39-31)18-21-13-9-11-15-23(21)37-4)28(26)27-22-14-10-8-12-20(22)16-17-24(27)38-5/h8-18,28H,6-7H2,1-5H3/b25-18+/t28-/m0/s1. The van der Waals surface area contributed by atoms with E-state index in [0.29, 0.717) is 45.2 Å². The molecule has 0 saturated carbocycles. The number of hydrogen-bond acceptors (Lipinski definition) is 6. The number of carbonyl (C=O) groups is 1. The van der Waals surface area contributed by atoms with Crippen molar-refractivity contribution in [3.63, 3.8) is 0 Å². The lowest BCUT2D eigenvalue weighted by Crippen LogP contribution is -2.43. The molecule has 8 heteroatoms. The molecular weight excluding hydrogens is 510 g/mol. The molecule has 0 saturated heterocycles. The molecule has 0 radical (unpaired) electrons. The van der Waals surface area contributed by atoms with Crippen LogP contribution in [0.3, 0.4) is 0 Å². The summed E-state index contributed by atoms with van der Waals surface area (Å²) in [5, 5.41) is 1.91. The van der Waals surface area contributed by atoms with Crippen molar-refractivity contribution in [1.82, 2.24) is 9.47 Å². The van der Waals surface area contributed by atoms with Crippen molar-refractivity contribution in [1.29, 1.82) is 0 Å². The number of thiazole rings is 1. The topological polar surface area (TPSA) is 73.1 Å². The Morgan fingerprint density at radius 3 is 2.41 bits per heavy atom. The van der Waals surface area contributed by atoms with Crippen LogP contribution in [0.4, 0.5) is 0 Å². The molecule has 7 nitrogen and oxygen atoms in total. The molecule has 1 aliphatic rings. The van der Waals surface area contributed by atoms with Crippen LogP contribution in [-0.4, -0.2) is 42.7 Å². The third kappa shape index (κ3) is 4.55. The van der Waals surface area contributed by atoms with Gasteiger partial charge in [-0.1, -0.05) is 59.9 Å². The molecule has 2 heterocycles. The Hall–Kier alpha value is -4.17. The van der Waals surface area contributed by atoms with Gasteiger partial charge >= 0.3 is 0 Å². The molecule has 0 fully saturated rings. The van der Waals surface area contributed by atoms with Crippen molar-refractivity contribution in [2.24, 2.45) is 4.99 Å². The van der Waals surface area contributed by atoms with E-state index in [0.717, 1.165) is 21.9 Å². The van der Waals surface area contributed by atoms with Crippen molar-refractivity contribution in [3.8, 4) is 11.5 Å². The number of nitrogens with zero attached hydrogens (tertiary/aromatic N) is 3. The van der Waals surface area contributed by atoms with Crippen LogP contribution in [0.15, 0.2) is 81.7 Å². The number of likely N-dealkylation sites (N-methyl/N-ethyl adjacent to an activating group) is 1. The van der Waals surface area contributed by atoms with E-state index in [2.05, 4.69) is 0 Å². The molecule has 3 aromatic carbocycles. The number of methoxy groups -OCH3 is 2. The summed E-state index contributed by atoms with van der Waals surface area (Å²) in [7, 11) is 3.22. The van der Waals surface area contributed by atoms with Gasteiger partial charge in [-0.25, -0.2) is 4.99 Å². The number of allylic oxidation sites excluding steroid dienone is 1. The highest BCUT2D eigenvalue weighted by atomic mass is 32.1. The van der Waals surface area contributed by atoms with E-state index in [1.54, 1.807) is 23.7 Å². The minimum Gasteiger partial charge on any atom is -0.496 e. The highest BCUT2D eigenvalue weighted by Gasteiger charge is 2.36. The number of para-hydroxylation sites is 1. The van der Waals surface area contributed by atoms with Gasteiger partial charge in [-0.2, -0.15) is 0 Å². The van der Waals surface area contributed by atoms with Gasteiger partial charge in [0.15, 0.2) is 4.80 Å². The summed E-state index contributed by atoms with van der Waals surface area (Å²) in [4.78, 5) is 35.3. The zero-order valence-electron chi connectivity index (χ0n) is 22.7. The first-order chi connectivity index (χ1) is 18.9. The van der Waals surface area contributed by atoms with E-state index in [9.17, 15) is 9.59 Å². The molecule has 200 valence electrons. The Kier molecular flexibility index (Phi) is 7.39. The first-order valence-corrected chi connectivity index (χ1v) is 13.8. The molecule has 0 N–H and O–H groups in total. The molecule has 39 heavy (non-hydrogen) atoms. The third-order valence-corrected chi connectivity index (χ3v) is 8.14. The van der Waals surface area contributed by atoms with E-state index in [1.165, 1.54) is 11.3 Å². The predicted octanol–water partition coefficient (Wildman–Crippen LogP) is 4.27. The lowest BCUT2D eigenvalue weighted by atomic mass is 9.90. The maximum Gasteiger partial charge on any atom is 0.271 e. The van der Waals surface area contributed by atoms with Gasteiger partial charge in [-0.3, -0.25) is 14.2 Å².